The standard InChI is InChI=1S/C21H30N2O3S/c1-6-15(18-13(2)17-16(27-18)7-10-22-19(17)24)14-8-11-23(12-9-14)20(25)26-21(3,4)5/h6,14H,7-12H2,1-5H3,(H,22,24). The summed E-state index contributed by atoms with van der Waals surface area (Å²) in [5.74, 6) is 0.474. The van der Waals surface area contributed by atoms with Crippen LogP contribution in [0.15, 0.2) is 6.08 Å². The van der Waals surface area contributed by atoms with Gasteiger partial charge in [0, 0.05) is 29.4 Å². The summed E-state index contributed by atoms with van der Waals surface area (Å²) in [6, 6.07) is 0. The molecule has 5 nitrogen and oxygen atoms in total. The average molecular weight is 391 g/mol. The van der Waals surface area contributed by atoms with E-state index in [1.165, 1.54) is 15.3 Å². The van der Waals surface area contributed by atoms with Crippen LogP contribution in [0.3, 0.4) is 0 Å². The summed E-state index contributed by atoms with van der Waals surface area (Å²) < 4.78 is 5.50. The summed E-state index contributed by atoms with van der Waals surface area (Å²) in [6.07, 6.45) is 4.74. The van der Waals surface area contributed by atoms with E-state index in [9.17, 15) is 9.59 Å². The third-order valence-electron chi connectivity index (χ3n) is 5.24. The predicted molar refractivity (Wildman–Crippen MR) is 109 cm³/mol. The third kappa shape index (κ3) is 4.21. The first-order valence-electron chi connectivity index (χ1n) is 9.76. The highest BCUT2D eigenvalue weighted by Crippen LogP contribution is 2.40. The number of hydrogen-bond acceptors (Lipinski definition) is 4. The molecule has 3 heterocycles. The first-order valence-corrected chi connectivity index (χ1v) is 10.6. The maximum absolute atomic E-state index is 12.3. The van der Waals surface area contributed by atoms with Gasteiger partial charge in [0.25, 0.3) is 5.91 Å². The second kappa shape index (κ2) is 7.66. The van der Waals surface area contributed by atoms with E-state index in [1.54, 1.807) is 11.3 Å². The molecule has 0 aromatic carbocycles. The minimum Gasteiger partial charge on any atom is -0.444 e. The number of carbonyl (C=O) groups is 2. The maximum Gasteiger partial charge on any atom is 0.410 e. The molecule has 0 spiro atoms. The van der Waals surface area contributed by atoms with Crippen LogP contribution in [0.5, 0.6) is 0 Å². The zero-order chi connectivity index (χ0) is 19.8. The Bertz CT molecular complexity index is 765. The number of fused-ring (bicyclic) bond motifs is 1. The highest BCUT2D eigenvalue weighted by atomic mass is 32.1. The van der Waals surface area contributed by atoms with Gasteiger partial charge in [0.05, 0.1) is 5.56 Å². The molecule has 1 N–H and O–H groups in total. The van der Waals surface area contributed by atoms with Crippen molar-refractivity contribution in [3.05, 3.63) is 27.0 Å². The first kappa shape index (κ1) is 19.9. The molecule has 1 saturated heterocycles. The van der Waals surface area contributed by atoms with Crippen LogP contribution in [0.1, 0.15) is 66.2 Å². The molecule has 0 atom stereocenters. The largest absolute Gasteiger partial charge is 0.444 e. The maximum atomic E-state index is 12.3. The van der Waals surface area contributed by atoms with E-state index in [4.69, 9.17) is 4.74 Å². The van der Waals surface area contributed by atoms with Gasteiger partial charge < -0.3 is 15.0 Å². The minimum atomic E-state index is -0.462. The van der Waals surface area contributed by atoms with Gasteiger partial charge in [0.2, 0.25) is 0 Å². The summed E-state index contributed by atoms with van der Waals surface area (Å²) >= 11 is 1.77. The van der Waals surface area contributed by atoms with Crippen molar-refractivity contribution in [3.8, 4) is 0 Å². The zero-order valence-electron chi connectivity index (χ0n) is 17.0. The number of rotatable bonds is 2. The molecule has 1 fully saturated rings. The van der Waals surface area contributed by atoms with E-state index in [-0.39, 0.29) is 12.0 Å². The summed E-state index contributed by atoms with van der Waals surface area (Å²) in [7, 11) is 0. The van der Waals surface area contributed by atoms with Crippen LogP contribution in [0.4, 0.5) is 4.79 Å². The molecule has 0 bridgehead atoms. The number of carbonyl (C=O) groups excluding carboxylic acids is 2. The first-order chi connectivity index (χ1) is 12.7. The zero-order valence-corrected chi connectivity index (χ0v) is 17.8. The molecule has 1 aromatic heterocycles. The van der Waals surface area contributed by atoms with Gasteiger partial charge in [-0.25, -0.2) is 4.79 Å². The molecule has 2 amide bonds. The van der Waals surface area contributed by atoms with Gasteiger partial charge in [-0.1, -0.05) is 6.08 Å². The van der Waals surface area contributed by atoms with Crippen LogP contribution < -0.4 is 5.32 Å². The molecule has 6 heteroatoms. The van der Waals surface area contributed by atoms with Crippen molar-refractivity contribution in [2.45, 2.75) is 59.5 Å². The molecule has 0 unspecified atom stereocenters. The summed E-state index contributed by atoms with van der Waals surface area (Å²) in [5, 5.41) is 2.96. The van der Waals surface area contributed by atoms with E-state index in [1.807, 2.05) is 25.7 Å². The van der Waals surface area contributed by atoms with Crippen LogP contribution >= 0.6 is 11.3 Å². The molecule has 0 aliphatic carbocycles. The Morgan fingerprint density at radius 1 is 1.30 bits per heavy atom. The van der Waals surface area contributed by atoms with E-state index >= 15 is 0 Å². The lowest BCUT2D eigenvalue weighted by atomic mass is 9.86. The SMILES string of the molecule is CC=C(c1sc2c(c1C)C(=O)NCC2)C1CCN(C(=O)OC(C)(C)C)CC1. The van der Waals surface area contributed by atoms with E-state index < -0.39 is 5.60 Å². The van der Waals surface area contributed by atoms with Crippen molar-refractivity contribution in [2.75, 3.05) is 19.6 Å². The van der Waals surface area contributed by atoms with Crippen molar-refractivity contribution >= 4 is 28.9 Å². The molecule has 148 valence electrons. The molecule has 1 aromatic rings. The lowest BCUT2D eigenvalue weighted by Crippen LogP contribution is -2.41. The molecule has 3 rings (SSSR count). The smallest absolute Gasteiger partial charge is 0.410 e. The number of hydrogen-bond donors (Lipinski definition) is 1. The van der Waals surface area contributed by atoms with Gasteiger partial charge in [-0.2, -0.15) is 0 Å². The fourth-order valence-electron chi connectivity index (χ4n) is 3.95. The molecular formula is C21H30N2O3S. The normalized spacial score (nSPS) is 18.9. The van der Waals surface area contributed by atoms with Crippen LogP contribution in [0, 0.1) is 12.8 Å². The number of ether oxygens (including phenoxy) is 1. The highest BCUT2D eigenvalue weighted by molar-refractivity contribution is 7.13. The van der Waals surface area contributed by atoms with Crippen molar-refractivity contribution in [1.29, 1.82) is 0 Å². The third-order valence-corrected chi connectivity index (χ3v) is 6.64. The summed E-state index contributed by atoms with van der Waals surface area (Å²) in [4.78, 5) is 28.8. The van der Waals surface area contributed by atoms with Crippen molar-refractivity contribution in [1.82, 2.24) is 10.2 Å². The molecule has 2 aliphatic heterocycles. The molecule has 0 radical (unpaired) electrons. The van der Waals surface area contributed by atoms with Gasteiger partial charge in [0.1, 0.15) is 5.60 Å². The predicted octanol–water partition coefficient (Wildman–Crippen LogP) is 4.39. The van der Waals surface area contributed by atoms with Gasteiger partial charge in [-0.05, 0) is 70.9 Å². The number of amides is 2. The number of nitrogens with zero attached hydrogens (tertiary/aromatic N) is 1. The molecule has 2 aliphatic rings. The Kier molecular flexibility index (Phi) is 5.65. The Balaban J connectivity index is 1.72. The van der Waals surface area contributed by atoms with Gasteiger partial charge in [-0.15, -0.1) is 11.3 Å². The van der Waals surface area contributed by atoms with Gasteiger partial charge >= 0.3 is 6.09 Å². The Hall–Kier alpha value is -1.82. The average Bonchev–Trinajstić information content (AvgIpc) is 2.93. The van der Waals surface area contributed by atoms with E-state index in [2.05, 4.69) is 25.2 Å². The topological polar surface area (TPSA) is 58.6 Å². The van der Waals surface area contributed by atoms with E-state index in [0.717, 1.165) is 36.9 Å². The summed E-state index contributed by atoms with van der Waals surface area (Å²) in [6.45, 7) is 12.0. The second-order valence-electron chi connectivity index (χ2n) is 8.35. The molecule has 0 saturated carbocycles. The number of piperidine rings is 1. The number of allylic oxidation sites excluding steroid dienone is 2. The van der Waals surface area contributed by atoms with Crippen LogP contribution in [-0.4, -0.2) is 42.1 Å². The van der Waals surface area contributed by atoms with Gasteiger partial charge in [0.15, 0.2) is 0 Å². The number of thiophene rings is 1. The molecular weight excluding hydrogens is 360 g/mol. The van der Waals surface area contributed by atoms with Crippen LogP contribution in [0.2, 0.25) is 0 Å². The van der Waals surface area contributed by atoms with Crippen molar-refractivity contribution in [2.24, 2.45) is 5.92 Å². The van der Waals surface area contributed by atoms with Crippen LogP contribution in [-0.2, 0) is 11.2 Å². The quantitative estimate of drug-likeness (QED) is 0.815. The number of likely N-dealkylation sites (tertiary alicyclic amines) is 1. The Labute approximate surface area is 165 Å². The second-order valence-corrected chi connectivity index (χ2v) is 9.45. The van der Waals surface area contributed by atoms with Crippen LogP contribution in [0.25, 0.3) is 5.57 Å². The highest BCUT2D eigenvalue weighted by Gasteiger charge is 2.31. The van der Waals surface area contributed by atoms with E-state index in [0.29, 0.717) is 19.0 Å². The molecule has 27 heavy (non-hydrogen) atoms. The fraction of sp³-hybridized carbons (Fsp3) is 0.619. The van der Waals surface area contributed by atoms with Crippen molar-refractivity contribution < 1.29 is 14.3 Å². The van der Waals surface area contributed by atoms with Crippen molar-refractivity contribution in [3.63, 3.8) is 0 Å². The fourth-order valence-corrected chi connectivity index (χ4v) is 5.41. The van der Waals surface area contributed by atoms with Gasteiger partial charge in [-0.3, -0.25) is 4.79 Å². The lowest BCUT2D eigenvalue weighted by Gasteiger charge is -2.34. The Morgan fingerprint density at radius 3 is 2.52 bits per heavy atom. The minimum absolute atomic E-state index is 0.0615. The lowest BCUT2D eigenvalue weighted by molar-refractivity contribution is 0.0199. The monoisotopic (exact) mass is 390 g/mol. The number of nitrogens with one attached hydrogen (secondary N) is 1. The summed E-state index contributed by atoms with van der Waals surface area (Å²) in [5.41, 5.74) is 2.85. The Morgan fingerprint density at radius 2 is 1.96 bits per heavy atom.